The Bertz CT molecular complexity index is 703. The van der Waals surface area contributed by atoms with Crippen LogP contribution in [0.1, 0.15) is 18.9 Å². The molecule has 0 aromatic heterocycles. The fraction of sp³-hybridized carbons (Fsp3) is 0.143. The second kappa shape index (κ2) is 8.36. The smallest absolute Gasteiger partial charge is 0.479 e. The molecule has 0 fully saturated rings. The molecule has 0 unspecified atom stereocenters. The zero-order valence-corrected chi connectivity index (χ0v) is 15.0. The second-order valence-electron chi connectivity index (χ2n) is 5.64. The van der Waals surface area contributed by atoms with Gasteiger partial charge in [-0.3, -0.25) is 0 Å². The van der Waals surface area contributed by atoms with Crippen molar-refractivity contribution in [3.05, 3.63) is 90.5 Å². The molecule has 3 rings (SSSR count). The highest BCUT2D eigenvalue weighted by Crippen LogP contribution is 2.15. The molecular formula is C21H22O2Si. The van der Waals surface area contributed by atoms with Crippen molar-refractivity contribution < 1.29 is 8.85 Å². The first-order chi connectivity index (χ1) is 11.9. The molecule has 0 spiro atoms. The van der Waals surface area contributed by atoms with Gasteiger partial charge >= 0.3 is 9.28 Å². The summed E-state index contributed by atoms with van der Waals surface area (Å²) in [6.45, 7) is 2.20. The zero-order valence-electron chi connectivity index (χ0n) is 13.9. The minimum absolute atomic E-state index is 0.858. The van der Waals surface area contributed by atoms with Crippen molar-refractivity contribution in [3.8, 4) is 11.5 Å². The molecule has 0 radical (unpaired) electrons. The molecule has 24 heavy (non-hydrogen) atoms. The van der Waals surface area contributed by atoms with E-state index >= 15 is 0 Å². The SMILES string of the molecule is CCCc1ccccc1[SiH](Oc1ccccc1)Oc1ccccc1. The molecule has 0 N–H and O–H groups in total. The van der Waals surface area contributed by atoms with Gasteiger partial charge in [0.05, 0.1) is 0 Å². The van der Waals surface area contributed by atoms with Crippen LogP contribution in [0, 0.1) is 0 Å². The van der Waals surface area contributed by atoms with Crippen LogP contribution in [0.15, 0.2) is 84.9 Å². The standard InChI is InChI=1S/C21H22O2Si/c1-2-11-18-12-9-10-17-21(18)24(22-19-13-5-3-6-14-19)23-20-15-7-4-8-16-20/h3-10,12-17,24H,2,11H2,1H3. The van der Waals surface area contributed by atoms with Crippen LogP contribution in [0.25, 0.3) is 0 Å². The van der Waals surface area contributed by atoms with E-state index in [1.165, 1.54) is 10.8 Å². The highest BCUT2D eigenvalue weighted by molar-refractivity contribution is 6.63. The van der Waals surface area contributed by atoms with Crippen LogP contribution in [0.4, 0.5) is 0 Å². The molecule has 0 amide bonds. The Morgan fingerprint density at radius 3 is 1.71 bits per heavy atom. The van der Waals surface area contributed by atoms with Crippen molar-refractivity contribution in [1.82, 2.24) is 0 Å². The highest BCUT2D eigenvalue weighted by atomic mass is 28.3. The second-order valence-corrected chi connectivity index (χ2v) is 7.40. The van der Waals surface area contributed by atoms with Crippen LogP contribution in [0.2, 0.25) is 0 Å². The molecule has 0 bridgehead atoms. The van der Waals surface area contributed by atoms with E-state index in [0.717, 1.165) is 24.3 Å². The largest absolute Gasteiger partial charge is 0.511 e. The predicted molar refractivity (Wildman–Crippen MR) is 101 cm³/mol. The quantitative estimate of drug-likeness (QED) is 0.602. The first-order valence-electron chi connectivity index (χ1n) is 8.38. The third kappa shape index (κ3) is 4.27. The van der Waals surface area contributed by atoms with Crippen LogP contribution in [0.3, 0.4) is 0 Å². The molecule has 2 nitrogen and oxygen atoms in total. The third-order valence-corrected chi connectivity index (χ3v) is 5.84. The van der Waals surface area contributed by atoms with Crippen LogP contribution >= 0.6 is 0 Å². The molecule has 0 aliphatic carbocycles. The lowest BCUT2D eigenvalue weighted by molar-refractivity contribution is 0.438. The van der Waals surface area contributed by atoms with Gasteiger partial charge in [-0.05, 0) is 36.2 Å². The summed E-state index contributed by atoms with van der Waals surface area (Å²) >= 11 is 0. The lowest BCUT2D eigenvalue weighted by Crippen LogP contribution is -2.44. The van der Waals surface area contributed by atoms with Gasteiger partial charge in [0.15, 0.2) is 0 Å². The van der Waals surface area contributed by atoms with Crippen molar-refractivity contribution in [2.24, 2.45) is 0 Å². The van der Waals surface area contributed by atoms with E-state index in [1.54, 1.807) is 0 Å². The summed E-state index contributed by atoms with van der Waals surface area (Å²) in [4.78, 5) is 0. The summed E-state index contributed by atoms with van der Waals surface area (Å²) in [5, 5.41) is 1.21. The maximum Gasteiger partial charge on any atom is 0.479 e. The Kier molecular flexibility index (Phi) is 5.69. The molecular weight excluding hydrogens is 312 g/mol. The molecule has 0 heterocycles. The molecule has 0 saturated heterocycles. The van der Waals surface area contributed by atoms with Crippen LogP contribution in [-0.2, 0) is 6.42 Å². The first kappa shape index (κ1) is 16.3. The summed E-state index contributed by atoms with van der Waals surface area (Å²) in [5.74, 6) is 1.72. The number of hydrogen-bond donors (Lipinski definition) is 0. The van der Waals surface area contributed by atoms with E-state index < -0.39 is 9.28 Å². The molecule has 0 saturated carbocycles. The lowest BCUT2D eigenvalue weighted by atomic mass is 10.1. The van der Waals surface area contributed by atoms with Gasteiger partial charge in [-0.1, -0.05) is 74.0 Å². The minimum atomic E-state index is -2.12. The monoisotopic (exact) mass is 334 g/mol. The van der Waals surface area contributed by atoms with Crippen molar-refractivity contribution >= 4 is 14.5 Å². The number of benzene rings is 3. The summed E-state index contributed by atoms with van der Waals surface area (Å²) < 4.78 is 12.6. The summed E-state index contributed by atoms with van der Waals surface area (Å²) in [6.07, 6.45) is 2.14. The zero-order chi connectivity index (χ0) is 16.6. The summed E-state index contributed by atoms with van der Waals surface area (Å²) in [5.41, 5.74) is 1.32. The Hall–Kier alpha value is -2.52. The molecule has 3 aromatic carbocycles. The van der Waals surface area contributed by atoms with E-state index in [9.17, 15) is 0 Å². The average Bonchev–Trinajstić information content (AvgIpc) is 2.64. The van der Waals surface area contributed by atoms with Gasteiger partial charge in [-0.25, -0.2) is 0 Å². The van der Waals surface area contributed by atoms with Gasteiger partial charge < -0.3 is 8.85 Å². The Morgan fingerprint density at radius 2 is 1.17 bits per heavy atom. The van der Waals surface area contributed by atoms with Crippen LogP contribution in [0.5, 0.6) is 11.5 Å². The van der Waals surface area contributed by atoms with E-state index in [-0.39, 0.29) is 0 Å². The molecule has 0 atom stereocenters. The number of hydrogen-bond acceptors (Lipinski definition) is 2. The highest BCUT2D eigenvalue weighted by Gasteiger charge is 2.23. The fourth-order valence-corrected chi connectivity index (χ4v) is 4.58. The van der Waals surface area contributed by atoms with Crippen LogP contribution in [-0.4, -0.2) is 9.28 Å². The van der Waals surface area contributed by atoms with Gasteiger partial charge in [0.25, 0.3) is 0 Å². The average molecular weight is 334 g/mol. The lowest BCUT2D eigenvalue weighted by Gasteiger charge is -2.21. The van der Waals surface area contributed by atoms with Gasteiger partial charge in [0.2, 0.25) is 0 Å². The van der Waals surface area contributed by atoms with E-state index in [1.807, 2.05) is 60.7 Å². The Balaban J connectivity index is 1.92. The first-order valence-corrected chi connectivity index (χ1v) is 9.90. The van der Waals surface area contributed by atoms with E-state index in [2.05, 4.69) is 31.2 Å². The summed E-state index contributed by atoms with van der Waals surface area (Å²) in [7, 11) is -2.12. The Morgan fingerprint density at radius 1 is 0.667 bits per heavy atom. The van der Waals surface area contributed by atoms with Crippen molar-refractivity contribution in [2.45, 2.75) is 19.8 Å². The molecule has 0 aliphatic heterocycles. The normalized spacial score (nSPS) is 10.6. The van der Waals surface area contributed by atoms with Crippen LogP contribution < -0.4 is 14.0 Å². The topological polar surface area (TPSA) is 18.5 Å². The maximum atomic E-state index is 6.31. The van der Waals surface area contributed by atoms with Crippen molar-refractivity contribution in [1.29, 1.82) is 0 Å². The van der Waals surface area contributed by atoms with Gasteiger partial charge in [-0.2, -0.15) is 0 Å². The van der Waals surface area contributed by atoms with Crippen molar-refractivity contribution in [3.63, 3.8) is 0 Å². The minimum Gasteiger partial charge on any atom is -0.511 e. The van der Waals surface area contributed by atoms with E-state index in [0.29, 0.717) is 0 Å². The van der Waals surface area contributed by atoms with Gasteiger partial charge in [-0.15, -0.1) is 0 Å². The molecule has 3 aromatic rings. The fourth-order valence-electron chi connectivity index (χ4n) is 2.66. The molecule has 122 valence electrons. The number of rotatable bonds is 7. The molecule has 3 heteroatoms. The predicted octanol–water partition coefficient (Wildman–Crippen LogP) is 4.22. The number of para-hydroxylation sites is 2. The Labute approximate surface area is 145 Å². The molecule has 0 aliphatic rings. The van der Waals surface area contributed by atoms with Crippen molar-refractivity contribution in [2.75, 3.05) is 0 Å². The third-order valence-electron chi connectivity index (χ3n) is 3.80. The van der Waals surface area contributed by atoms with Gasteiger partial charge in [0.1, 0.15) is 11.5 Å². The van der Waals surface area contributed by atoms with E-state index in [4.69, 9.17) is 8.85 Å². The van der Waals surface area contributed by atoms with Gasteiger partial charge in [0, 0.05) is 5.19 Å². The maximum absolute atomic E-state index is 6.31. The summed E-state index contributed by atoms with van der Waals surface area (Å²) in [6, 6.07) is 28.3. The number of aryl methyl sites for hydroxylation is 1.